The fourth-order valence-electron chi connectivity index (χ4n) is 7.87. The lowest BCUT2D eigenvalue weighted by molar-refractivity contribution is 0.0362. The highest BCUT2D eigenvalue weighted by atomic mass is 15.5. The van der Waals surface area contributed by atoms with Gasteiger partial charge in [-0.25, -0.2) is 0 Å². The highest BCUT2D eigenvalue weighted by Crippen LogP contribution is 2.48. The van der Waals surface area contributed by atoms with E-state index in [1.165, 1.54) is 101 Å². The van der Waals surface area contributed by atoms with Crippen molar-refractivity contribution in [2.45, 2.75) is 128 Å². The third-order valence-electron chi connectivity index (χ3n) is 9.21. The molecule has 0 N–H and O–H groups in total. The average Bonchev–Trinajstić information content (AvgIpc) is 3.41. The molecule has 166 valence electrons. The number of benzene rings is 1. The van der Waals surface area contributed by atoms with E-state index in [9.17, 15) is 0 Å². The zero-order valence-electron chi connectivity index (χ0n) is 19.6. The van der Waals surface area contributed by atoms with Gasteiger partial charge in [0, 0.05) is 23.8 Å². The Labute approximate surface area is 185 Å². The first-order valence-corrected chi connectivity index (χ1v) is 13.4. The Bertz CT molecular complexity index is 682. The minimum atomic E-state index is 0.638. The van der Waals surface area contributed by atoms with Crippen molar-refractivity contribution in [2.75, 3.05) is 4.90 Å². The summed E-state index contributed by atoms with van der Waals surface area (Å²) in [6.07, 6.45) is 21.0. The molecule has 1 aliphatic heterocycles. The summed E-state index contributed by atoms with van der Waals surface area (Å²) in [4.78, 5) is 6.11. The fraction of sp³-hybridized carbons (Fsp3) is 0.786. The van der Waals surface area contributed by atoms with Crippen LogP contribution in [0.3, 0.4) is 0 Å². The molecular formula is C28H44N2. The van der Waals surface area contributed by atoms with Gasteiger partial charge in [0.15, 0.2) is 0 Å². The number of rotatable bonds is 4. The van der Waals surface area contributed by atoms with Gasteiger partial charge in [-0.3, -0.25) is 4.90 Å². The molecule has 3 aliphatic carbocycles. The lowest BCUT2D eigenvalue weighted by atomic mass is 9.80. The van der Waals surface area contributed by atoms with Crippen molar-refractivity contribution in [1.29, 1.82) is 0 Å². The van der Waals surface area contributed by atoms with Crippen molar-refractivity contribution in [1.82, 2.24) is 4.90 Å². The summed E-state index contributed by atoms with van der Waals surface area (Å²) in [6.45, 7) is 4.93. The van der Waals surface area contributed by atoms with Crippen LogP contribution in [0.15, 0.2) is 24.3 Å². The SMILES string of the molecule is Cc1ccccc1N1C(C2CCCC2)N(C2CCCCC2)C(C2CCCCC2)[C@@H]1C. The molecule has 2 heteroatoms. The Morgan fingerprint density at radius 3 is 1.93 bits per heavy atom. The van der Waals surface area contributed by atoms with E-state index in [2.05, 4.69) is 47.9 Å². The van der Waals surface area contributed by atoms with Gasteiger partial charge >= 0.3 is 0 Å². The highest BCUT2D eigenvalue weighted by Gasteiger charge is 2.53. The predicted molar refractivity (Wildman–Crippen MR) is 128 cm³/mol. The molecule has 1 heterocycles. The van der Waals surface area contributed by atoms with Crippen LogP contribution in [-0.4, -0.2) is 29.2 Å². The first-order chi connectivity index (χ1) is 14.8. The van der Waals surface area contributed by atoms with Crippen LogP contribution in [0.2, 0.25) is 0 Å². The zero-order chi connectivity index (χ0) is 20.5. The minimum absolute atomic E-state index is 0.638. The van der Waals surface area contributed by atoms with Crippen molar-refractivity contribution < 1.29 is 0 Å². The van der Waals surface area contributed by atoms with Gasteiger partial charge in [-0.1, -0.05) is 69.6 Å². The van der Waals surface area contributed by atoms with Crippen LogP contribution < -0.4 is 4.90 Å². The lowest BCUT2D eigenvalue weighted by Gasteiger charge is -2.45. The van der Waals surface area contributed by atoms with Crippen molar-refractivity contribution in [3.8, 4) is 0 Å². The maximum absolute atomic E-state index is 3.17. The van der Waals surface area contributed by atoms with E-state index in [4.69, 9.17) is 0 Å². The average molecular weight is 409 g/mol. The van der Waals surface area contributed by atoms with Gasteiger partial charge in [-0.15, -0.1) is 0 Å². The smallest absolute Gasteiger partial charge is 0.0858 e. The molecule has 5 rings (SSSR count). The van der Waals surface area contributed by atoms with Crippen molar-refractivity contribution in [2.24, 2.45) is 11.8 Å². The van der Waals surface area contributed by atoms with Crippen molar-refractivity contribution >= 4 is 5.69 Å². The van der Waals surface area contributed by atoms with Crippen LogP contribution in [-0.2, 0) is 0 Å². The first-order valence-electron chi connectivity index (χ1n) is 13.4. The third-order valence-corrected chi connectivity index (χ3v) is 9.21. The van der Waals surface area contributed by atoms with E-state index in [-0.39, 0.29) is 0 Å². The number of anilines is 1. The molecule has 1 aromatic carbocycles. The summed E-state index contributed by atoms with van der Waals surface area (Å²) in [5.74, 6) is 1.77. The summed E-state index contributed by atoms with van der Waals surface area (Å²) < 4.78 is 0. The van der Waals surface area contributed by atoms with Crippen LogP contribution in [0.5, 0.6) is 0 Å². The molecular weight excluding hydrogens is 364 g/mol. The van der Waals surface area contributed by atoms with Crippen LogP contribution in [0.4, 0.5) is 5.69 Å². The molecule has 2 nitrogen and oxygen atoms in total. The largest absolute Gasteiger partial charge is 0.351 e. The Balaban J connectivity index is 1.57. The van der Waals surface area contributed by atoms with Crippen LogP contribution in [0.1, 0.15) is 102 Å². The fourth-order valence-corrected chi connectivity index (χ4v) is 7.87. The van der Waals surface area contributed by atoms with Crippen LogP contribution in [0.25, 0.3) is 0 Å². The predicted octanol–water partition coefficient (Wildman–Crippen LogP) is 7.30. The molecule has 0 radical (unpaired) electrons. The number of para-hydroxylation sites is 1. The summed E-state index contributed by atoms with van der Waals surface area (Å²) in [5.41, 5.74) is 3.00. The normalized spacial score (nSPS) is 32.9. The summed E-state index contributed by atoms with van der Waals surface area (Å²) in [7, 11) is 0. The van der Waals surface area contributed by atoms with Gasteiger partial charge in [-0.2, -0.15) is 0 Å². The summed E-state index contributed by atoms with van der Waals surface area (Å²) in [6, 6.07) is 11.5. The van der Waals surface area contributed by atoms with Crippen LogP contribution >= 0.6 is 0 Å². The molecule has 2 unspecified atom stereocenters. The Kier molecular flexibility index (Phi) is 6.42. The molecule has 4 aliphatic rings. The van der Waals surface area contributed by atoms with E-state index in [1.54, 1.807) is 0 Å². The number of hydrogen-bond donors (Lipinski definition) is 0. The van der Waals surface area contributed by atoms with E-state index in [0.29, 0.717) is 12.2 Å². The van der Waals surface area contributed by atoms with E-state index in [0.717, 1.165) is 23.9 Å². The zero-order valence-corrected chi connectivity index (χ0v) is 19.6. The maximum atomic E-state index is 3.17. The molecule has 0 spiro atoms. The van der Waals surface area contributed by atoms with E-state index < -0.39 is 0 Å². The van der Waals surface area contributed by atoms with Crippen molar-refractivity contribution in [3.63, 3.8) is 0 Å². The summed E-state index contributed by atoms with van der Waals surface area (Å²) >= 11 is 0. The van der Waals surface area contributed by atoms with Crippen molar-refractivity contribution in [3.05, 3.63) is 29.8 Å². The Hall–Kier alpha value is -1.02. The minimum Gasteiger partial charge on any atom is -0.351 e. The first kappa shape index (κ1) is 20.9. The second-order valence-electron chi connectivity index (χ2n) is 11.0. The second kappa shape index (κ2) is 9.23. The van der Waals surface area contributed by atoms with Gasteiger partial charge in [-0.05, 0) is 75.8 Å². The molecule has 30 heavy (non-hydrogen) atoms. The van der Waals surface area contributed by atoms with Gasteiger partial charge in [0.25, 0.3) is 0 Å². The molecule has 3 saturated carbocycles. The lowest BCUT2D eigenvalue weighted by Crippen LogP contribution is -2.52. The second-order valence-corrected chi connectivity index (χ2v) is 11.0. The Morgan fingerprint density at radius 1 is 0.700 bits per heavy atom. The van der Waals surface area contributed by atoms with Gasteiger partial charge in [0.1, 0.15) is 0 Å². The van der Waals surface area contributed by atoms with Gasteiger partial charge in [0.05, 0.1) is 6.17 Å². The number of nitrogens with zero attached hydrogens (tertiary/aromatic N) is 2. The summed E-state index contributed by atoms with van der Waals surface area (Å²) in [5, 5.41) is 0. The molecule has 4 fully saturated rings. The molecule has 1 saturated heterocycles. The molecule has 3 atom stereocenters. The van der Waals surface area contributed by atoms with E-state index in [1.807, 2.05) is 0 Å². The Morgan fingerprint density at radius 2 is 1.27 bits per heavy atom. The maximum Gasteiger partial charge on any atom is 0.0858 e. The quantitative estimate of drug-likeness (QED) is 0.515. The molecule has 1 aromatic rings. The molecule has 0 aromatic heterocycles. The van der Waals surface area contributed by atoms with Crippen LogP contribution in [0, 0.1) is 18.8 Å². The molecule has 0 bridgehead atoms. The van der Waals surface area contributed by atoms with Gasteiger partial charge < -0.3 is 4.90 Å². The number of hydrogen-bond acceptors (Lipinski definition) is 2. The standard InChI is InChI=1S/C28H44N2/c1-21-13-9-12-20-26(21)29-22(2)27(23-14-5-3-6-15-23)30(25-18-7-4-8-19-25)28(29)24-16-10-11-17-24/h9,12-13,20,22-25,27-28H,3-8,10-11,14-19H2,1-2H3/t22-,27?,28?/m0/s1. The monoisotopic (exact) mass is 408 g/mol. The number of aryl methyl sites for hydroxylation is 1. The van der Waals surface area contributed by atoms with Gasteiger partial charge in [0.2, 0.25) is 0 Å². The van der Waals surface area contributed by atoms with E-state index >= 15 is 0 Å². The molecule has 0 amide bonds. The third kappa shape index (κ3) is 3.83. The topological polar surface area (TPSA) is 6.48 Å². The highest BCUT2D eigenvalue weighted by molar-refractivity contribution is 5.56.